The number of piperazine rings is 1. The largest absolute Gasteiger partial charge is 0.497 e. The summed E-state index contributed by atoms with van der Waals surface area (Å²) in [6.45, 7) is 8.36. The molecule has 4 nitrogen and oxygen atoms in total. The number of pyridine rings is 1. The lowest BCUT2D eigenvalue weighted by atomic mass is 10.2. The van der Waals surface area contributed by atoms with Gasteiger partial charge in [0, 0.05) is 50.0 Å². The summed E-state index contributed by atoms with van der Waals surface area (Å²) < 4.78 is 5.28. The molecule has 1 fully saturated rings. The van der Waals surface area contributed by atoms with E-state index >= 15 is 0 Å². The van der Waals surface area contributed by atoms with Crippen LogP contribution in [0.1, 0.15) is 18.3 Å². The smallest absolute Gasteiger partial charge is 0.122 e. The van der Waals surface area contributed by atoms with Crippen LogP contribution in [0.5, 0.6) is 5.75 Å². The first kappa shape index (κ1) is 15.2. The maximum atomic E-state index is 5.28. The zero-order valence-corrected chi connectivity index (χ0v) is 12.1. The normalized spacial score (nSPS) is 20.3. The number of rotatable bonds is 3. The lowest BCUT2D eigenvalue weighted by Crippen LogP contribution is -2.48. The molecule has 1 aromatic rings. The van der Waals surface area contributed by atoms with Crippen molar-refractivity contribution in [2.24, 2.45) is 0 Å². The van der Waals surface area contributed by atoms with Gasteiger partial charge in [0.25, 0.3) is 0 Å². The lowest BCUT2D eigenvalue weighted by molar-refractivity contribution is 0.197. The Bertz CT molecular complexity index is 386. The minimum atomic E-state index is 0. The molecule has 1 atom stereocenters. The maximum absolute atomic E-state index is 5.28. The van der Waals surface area contributed by atoms with E-state index in [1.165, 1.54) is 0 Å². The van der Waals surface area contributed by atoms with Crippen molar-refractivity contribution in [3.8, 4) is 5.75 Å². The van der Waals surface area contributed by atoms with Gasteiger partial charge in [0.05, 0.1) is 12.8 Å². The fourth-order valence-electron chi connectivity index (χ4n) is 2.29. The summed E-state index contributed by atoms with van der Waals surface area (Å²) in [7, 11) is 1.70. The van der Waals surface area contributed by atoms with Gasteiger partial charge in [-0.15, -0.1) is 12.4 Å². The number of aromatic nitrogens is 1. The number of methoxy groups -OCH3 is 1. The fourth-order valence-corrected chi connectivity index (χ4v) is 2.29. The van der Waals surface area contributed by atoms with Crippen LogP contribution in [0.2, 0.25) is 0 Å². The third-order valence-electron chi connectivity index (χ3n) is 3.05. The number of aryl methyl sites for hydroxylation is 1. The SMILES string of the molecule is COc1cc(C)nc(CN2CCN[C@H](C)C2)c1.Cl. The standard InChI is InChI=1S/C13H21N3O.ClH/c1-10-6-13(17-3)7-12(15-10)9-16-5-4-14-11(2)8-16;/h6-7,11,14H,4-5,8-9H2,1-3H3;1H/t11-;/m1./s1. The Kier molecular flexibility index (Phi) is 5.85. The topological polar surface area (TPSA) is 37.4 Å². The van der Waals surface area contributed by atoms with Crippen molar-refractivity contribution in [1.29, 1.82) is 0 Å². The molecule has 1 N–H and O–H groups in total. The van der Waals surface area contributed by atoms with E-state index in [0.29, 0.717) is 6.04 Å². The van der Waals surface area contributed by atoms with Crippen LogP contribution in [0.25, 0.3) is 0 Å². The van der Waals surface area contributed by atoms with Gasteiger partial charge in [-0.3, -0.25) is 9.88 Å². The Morgan fingerprint density at radius 1 is 1.50 bits per heavy atom. The Balaban J connectivity index is 0.00000162. The molecule has 1 aliphatic heterocycles. The second kappa shape index (κ2) is 6.92. The first-order chi connectivity index (χ1) is 8.17. The molecule has 1 saturated heterocycles. The van der Waals surface area contributed by atoms with Crippen LogP contribution < -0.4 is 10.1 Å². The summed E-state index contributed by atoms with van der Waals surface area (Å²) in [6, 6.07) is 4.55. The second-order valence-corrected chi connectivity index (χ2v) is 4.73. The molecular formula is C13H22ClN3O. The molecular weight excluding hydrogens is 250 g/mol. The number of halogens is 1. The average Bonchev–Trinajstić information content (AvgIpc) is 2.28. The van der Waals surface area contributed by atoms with Gasteiger partial charge in [0.2, 0.25) is 0 Å². The molecule has 102 valence electrons. The predicted octanol–water partition coefficient (Wildman–Crippen LogP) is 1.61. The van der Waals surface area contributed by atoms with Gasteiger partial charge in [-0.05, 0) is 13.8 Å². The van der Waals surface area contributed by atoms with E-state index in [1.54, 1.807) is 7.11 Å². The molecule has 2 heterocycles. The van der Waals surface area contributed by atoms with Gasteiger partial charge in [0.15, 0.2) is 0 Å². The van der Waals surface area contributed by atoms with Crippen LogP contribution >= 0.6 is 12.4 Å². The van der Waals surface area contributed by atoms with Crippen molar-refractivity contribution in [3.05, 3.63) is 23.5 Å². The van der Waals surface area contributed by atoms with Crippen LogP contribution in [-0.4, -0.2) is 42.7 Å². The molecule has 0 amide bonds. The van der Waals surface area contributed by atoms with Crippen LogP contribution in [0.3, 0.4) is 0 Å². The number of nitrogens with one attached hydrogen (secondary N) is 1. The second-order valence-electron chi connectivity index (χ2n) is 4.73. The minimum Gasteiger partial charge on any atom is -0.497 e. The predicted molar refractivity (Wildman–Crippen MR) is 75.5 cm³/mol. The monoisotopic (exact) mass is 271 g/mol. The summed E-state index contributed by atoms with van der Waals surface area (Å²) in [4.78, 5) is 6.99. The van der Waals surface area contributed by atoms with Crippen LogP contribution in [0.4, 0.5) is 0 Å². The molecule has 0 bridgehead atoms. The summed E-state index contributed by atoms with van der Waals surface area (Å²) in [6.07, 6.45) is 0. The molecule has 0 saturated carbocycles. The van der Waals surface area contributed by atoms with E-state index < -0.39 is 0 Å². The van der Waals surface area contributed by atoms with Crippen molar-refractivity contribution in [1.82, 2.24) is 15.2 Å². The zero-order chi connectivity index (χ0) is 12.3. The highest BCUT2D eigenvalue weighted by atomic mass is 35.5. The highest BCUT2D eigenvalue weighted by Crippen LogP contribution is 2.15. The molecule has 0 spiro atoms. The first-order valence-electron chi connectivity index (χ1n) is 6.14. The number of hydrogen-bond donors (Lipinski definition) is 1. The number of ether oxygens (including phenoxy) is 1. The number of hydrogen-bond acceptors (Lipinski definition) is 4. The van der Waals surface area contributed by atoms with E-state index in [-0.39, 0.29) is 12.4 Å². The molecule has 1 aromatic heterocycles. The summed E-state index contributed by atoms with van der Waals surface area (Å²) in [5.74, 6) is 0.899. The molecule has 5 heteroatoms. The third-order valence-corrected chi connectivity index (χ3v) is 3.05. The Morgan fingerprint density at radius 3 is 2.94 bits per heavy atom. The van der Waals surface area contributed by atoms with Crippen LogP contribution in [0, 0.1) is 6.92 Å². The maximum Gasteiger partial charge on any atom is 0.122 e. The van der Waals surface area contributed by atoms with E-state index in [2.05, 4.69) is 22.1 Å². The summed E-state index contributed by atoms with van der Waals surface area (Å²) in [5.41, 5.74) is 2.11. The van der Waals surface area contributed by atoms with Crippen molar-refractivity contribution in [2.45, 2.75) is 26.4 Å². The Morgan fingerprint density at radius 2 is 2.28 bits per heavy atom. The number of nitrogens with zero attached hydrogens (tertiary/aromatic N) is 2. The van der Waals surface area contributed by atoms with E-state index in [9.17, 15) is 0 Å². The molecule has 0 unspecified atom stereocenters. The van der Waals surface area contributed by atoms with E-state index in [0.717, 1.165) is 43.3 Å². The van der Waals surface area contributed by atoms with Crippen molar-refractivity contribution < 1.29 is 4.74 Å². The van der Waals surface area contributed by atoms with Gasteiger partial charge in [0.1, 0.15) is 5.75 Å². The highest BCUT2D eigenvalue weighted by Gasteiger charge is 2.16. The Labute approximate surface area is 115 Å². The first-order valence-corrected chi connectivity index (χ1v) is 6.14. The summed E-state index contributed by atoms with van der Waals surface area (Å²) >= 11 is 0. The third kappa shape index (κ3) is 4.12. The average molecular weight is 272 g/mol. The van der Waals surface area contributed by atoms with Gasteiger partial charge < -0.3 is 10.1 Å². The van der Waals surface area contributed by atoms with Crippen molar-refractivity contribution in [3.63, 3.8) is 0 Å². The summed E-state index contributed by atoms with van der Waals surface area (Å²) in [5, 5.41) is 3.44. The zero-order valence-electron chi connectivity index (χ0n) is 11.3. The molecule has 1 aliphatic rings. The van der Waals surface area contributed by atoms with Crippen molar-refractivity contribution >= 4 is 12.4 Å². The van der Waals surface area contributed by atoms with E-state index in [1.807, 2.05) is 19.1 Å². The van der Waals surface area contributed by atoms with Crippen molar-refractivity contribution in [2.75, 3.05) is 26.7 Å². The van der Waals surface area contributed by atoms with Gasteiger partial charge in [-0.1, -0.05) is 0 Å². The quantitative estimate of drug-likeness (QED) is 0.907. The fraction of sp³-hybridized carbons (Fsp3) is 0.615. The molecule has 2 rings (SSSR count). The Hall–Kier alpha value is -0.840. The molecule has 0 aromatic carbocycles. The highest BCUT2D eigenvalue weighted by molar-refractivity contribution is 5.85. The molecule has 18 heavy (non-hydrogen) atoms. The van der Waals surface area contributed by atoms with Gasteiger partial charge >= 0.3 is 0 Å². The van der Waals surface area contributed by atoms with E-state index in [4.69, 9.17) is 4.74 Å². The van der Waals surface area contributed by atoms with Gasteiger partial charge in [-0.25, -0.2) is 0 Å². The molecule has 0 aliphatic carbocycles. The van der Waals surface area contributed by atoms with Crippen LogP contribution in [-0.2, 0) is 6.54 Å². The lowest BCUT2D eigenvalue weighted by Gasteiger charge is -2.31. The minimum absolute atomic E-state index is 0. The molecule has 0 radical (unpaired) electrons. The van der Waals surface area contributed by atoms with Gasteiger partial charge in [-0.2, -0.15) is 0 Å². The van der Waals surface area contributed by atoms with Crippen LogP contribution in [0.15, 0.2) is 12.1 Å².